The Hall–Kier alpha value is -0.570. The lowest BCUT2D eigenvalue weighted by Gasteiger charge is -2.28. The van der Waals surface area contributed by atoms with Crippen molar-refractivity contribution in [3.8, 4) is 0 Å². The largest absolute Gasteiger partial charge is 0.339 e. The van der Waals surface area contributed by atoms with Gasteiger partial charge >= 0.3 is 0 Å². The molecule has 0 spiro atoms. The van der Waals surface area contributed by atoms with E-state index in [9.17, 15) is 4.79 Å². The van der Waals surface area contributed by atoms with Crippen LogP contribution in [0.15, 0.2) is 0 Å². The van der Waals surface area contributed by atoms with Gasteiger partial charge in [-0.25, -0.2) is 0 Å². The van der Waals surface area contributed by atoms with Crippen molar-refractivity contribution in [1.29, 1.82) is 0 Å². The third-order valence-corrected chi connectivity index (χ3v) is 3.18. The molecule has 1 saturated carbocycles. The van der Waals surface area contributed by atoms with E-state index in [0.29, 0.717) is 18.4 Å². The normalized spacial score (nSPS) is 17.9. The lowest BCUT2D eigenvalue weighted by molar-refractivity contribution is -0.132. The van der Waals surface area contributed by atoms with Crippen LogP contribution in [0.4, 0.5) is 0 Å². The van der Waals surface area contributed by atoms with Crippen molar-refractivity contribution in [2.75, 3.05) is 6.54 Å². The summed E-state index contributed by atoms with van der Waals surface area (Å²) in [6, 6.07) is 0.493. The molecule has 2 N–H and O–H groups in total. The van der Waals surface area contributed by atoms with Crippen LogP contribution in [0.3, 0.4) is 0 Å². The molecule has 1 aliphatic carbocycles. The molecule has 0 aromatic rings. The molecule has 18 heavy (non-hydrogen) atoms. The second-order valence-corrected chi connectivity index (χ2v) is 7.40. The Balaban J connectivity index is 2.46. The zero-order valence-corrected chi connectivity index (χ0v) is 12.7. The summed E-state index contributed by atoms with van der Waals surface area (Å²) in [7, 11) is 0. The van der Waals surface area contributed by atoms with Crippen LogP contribution in [0.1, 0.15) is 60.3 Å². The van der Waals surface area contributed by atoms with Gasteiger partial charge in [0.25, 0.3) is 0 Å². The minimum absolute atomic E-state index is 0.00841. The zero-order valence-electron chi connectivity index (χ0n) is 12.7. The van der Waals surface area contributed by atoms with E-state index < -0.39 is 0 Å². The van der Waals surface area contributed by atoms with Crippen LogP contribution in [-0.4, -0.2) is 29.4 Å². The zero-order chi connectivity index (χ0) is 13.9. The number of hydrogen-bond donors (Lipinski definition) is 1. The Morgan fingerprint density at radius 3 is 2.28 bits per heavy atom. The van der Waals surface area contributed by atoms with Gasteiger partial charge in [-0.2, -0.15) is 0 Å². The maximum atomic E-state index is 12.3. The van der Waals surface area contributed by atoms with Crippen molar-refractivity contribution in [3.05, 3.63) is 0 Å². The van der Waals surface area contributed by atoms with E-state index in [4.69, 9.17) is 5.73 Å². The second kappa shape index (κ2) is 6.05. The average Bonchev–Trinajstić information content (AvgIpc) is 2.92. The highest BCUT2D eigenvalue weighted by Crippen LogP contribution is 2.29. The highest BCUT2D eigenvalue weighted by molar-refractivity contribution is 5.77. The number of nitrogens with zero attached hydrogens (tertiary/aromatic N) is 1. The molecule has 0 aliphatic heterocycles. The molecule has 0 radical (unpaired) electrons. The van der Waals surface area contributed by atoms with Gasteiger partial charge in [-0.1, -0.05) is 34.6 Å². The number of nitrogens with two attached hydrogens (primary N) is 1. The van der Waals surface area contributed by atoms with Gasteiger partial charge < -0.3 is 10.6 Å². The SMILES string of the molecule is CC(C)CN(C(=O)CC(N)CC(C)(C)C)C1CC1. The van der Waals surface area contributed by atoms with Crippen LogP contribution in [0, 0.1) is 11.3 Å². The highest BCUT2D eigenvalue weighted by Gasteiger charge is 2.33. The smallest absolute Gasteiger partial charge is 0.224 e. The molecule has 1 fully saturated rings. The van der Waals surface area contributed by atoms with Crippen LogP contribution in [-0.2, 0) is 4.79 Å². The quantitative estimate of drug-likeness (QED) is 0.792. The molecule has 3 heteroatoms. The Labute approximate surface area is 112 Å². The molecular weight excluding hydrogens is 224 g/mol. The second-order valence-electron chi connectivity index (χ2n) is 7.40. The number of hydrogen-bond acceptors (Lipinski definition) is 2. The molecule has 1 amide bonds. The molecule has 0 aromatic carbocycles. The van der Waals surface area contributed by atoms with Gasteiger partial charge in [0.05, 0.1) is 0 Å². The predicted molar refractivity (Wildman–Crippen MR) is 76.2 cm³/mol. The Kier molecular flexibility index (Phi) is 5.20. The molecule has 0 saturated heterocycles. The first kappa shape index (κ1) is 15.5. The summed E-state index contributed by atoms with van der Waals surface area (Å²) in [5.74, 6) is 0.788. The van der Waals surface area contributed by atoms with E-state index in [1.807, 2.05) is 0 Å². The van der Waals surface area contributed by atoms with Crippen molar-refractivity contribution < 1.29 is 4.79 Å². The van der Waals surface area contributed by atoms with Crippen LogP contribution in [0.25, 0.3) is 0 Å². The molecule has 0 bridgehead atoms. The first-order valence-electron chi connectivity index (χ1n) is 7.24. The Morgan fingerprint density at radius 2 is 1.89 bits per heavy atom. The average molecular weight is 254 g/mol. The summed E-state index contributed by atoms with van der Waals surface area (Å²) >= 11 is 0. The van der Waals surface area contributed by atoms with Gasteiger partial charge in [0.2, 0.25) is 5.91 Å². The summed E-state index contributed by atoms with van der Waals surface area (Å²) in [5.41, 5.74) is 6.30. The summed E-state index contributed by atoms with van der Waals surface area (Å²) < 4.78 is 0. The predicted octanol–water partition coefficient (Wildman–Crippen LogP) is 2.79. The van der Waals surface area contributed by atoms with E-state index in [1.54, 1.807) is 0 Å². The van der Waals surface area contributed by atoms with Crippen molar-refractivity contribution in [2.45, 2.75) is 72.4 Å². The summed E-state index contributed by atoms with van der Waals surface area (Å²) in [6.07, 6.45) is 3.75. The Morgan fingerprint density at radius 1 is 1.33 bits per heavy atom. The van der Waals surface area contributed by atoms with Crippen molar-refractivity contribution in [1.82, 2.24) is 4.90 Å². The molecule has 0 heterocycles. The maximum absolute atomic E-state index is 12.3. The minimum Gasteiger partial charge on any atom is -0.339 e. The van der Waals surface area contributed by atoms with Crippen LogP contribution >= 0.6 is 0 Å². The number of rotatable bonds is 6. The van der Waals surface area contributed by atoms with Crippen LogP contribution < -0.4 is 5.73 Å². The fourth-order valence-corrected chi connectivity index (χ4v) is 2.43. The molecule has 3 nitrogen and oxygen atoms in total. The fourth-order valence-electron chi connectivity index (χ4n) is 2.43. The molecule has 106 valence electrons. The summed E-state index contributed by atoms with van der Waals surface area (Å²) in [6.45, 7) is 11.7. The third kappa shape index (κ3) is 5.85. The highest BCUT2D eigenvalue weighted by atomic mass is 16.2. The topological polar surface area (TPSA) is 46.3 Å². The minimum atomic E-state index is -0.00841. The molecule has 1 unspecified atom stereocenters. The number of carbonyl (C=O) groups is 1. The number of amides is 1. The van der Waals surface area contributed by atoms with E-state index >= 15 is 0 Å². The lowest BCUT2D eigenvalue weighted by Crippen LogP contribution is -2.40. The van der Waals surface area contributed by atoms with Gasteiger partial charge in [0.1, 0.15) is 0 Å². The fraction of sp³-hybridized carbons (Fsp3) is 0.933. The van der Waals surface area contributed by atoms with E-state index in [-0.39, 0.29) is 17.4 Å². The first-order chi connectivity index (χ1) is 8.19. The first-order valence-corrected chi connectivity index (χ1v) is 7.24. The van der Waals surface area contributed by atoms with Crippen LogP contribution in [0.2, 0.25) is 0 Å². The van der Waals surface area contributed by atoms with E-state index in [1.165, 1.54) is 12.8 Å². The van der Waals surface area contributed by atoms with Gasteiger partial charge in [-0.3, -0.25) is 4.79 Å². The molecule has 1 rings (SSSR count). The van der Waals surface area contributed by atoms with Crippen molar-refractivity contribution in [3.63, 3.8) is 0 Å². The Bertz CT molecular complexity index is 277. The number of carbonyl (C=O) groups excluding carboxylic acids is 1. The van der Waals surface area contributed by atoms with Gasteiger partial charge in [-0.15, -0.1) is 0 Å². The summed E-state index contributed by atoms with van der Waals surface area (Å²) in [4.78, 5) is 14.4. The van der Waals surface area contributed by atoms with E-state index in [0.717, 1.165) is 13.0 Å². The van der Waals surface area contributed by atoms with Crippen LogP contribution in [0.5, 0.6) is 0 Å². The monoisotopic (exact) mass is 254 g/mol. The molecular formula is C15H30N2O. The lowest BCUT2D eigenvalue weighted by atomic mass is 9.87. The van der Waals surface area contributed by atoms with Gasteiger partial charge in [0.15, 0.2) is 0 Å². The molecule has 0 aromatic heterocycles. The standard InChI is InChI=1S/C15H30N2O/c1-11(2)10-17(13-6-7-13)14(18)8-12(16)9-15(3,4)5/h11-13H,6-10,16H2,1-5H3. The maximum Gasteiger partial charge on any atom is 0.224 e. The van der Waals surface area contributed by atoms with Gasteiger partial charge in [-0.05, 0) is 30.6 Å². The third-order valence-electron chi connectivity index (χ3n) is 3.18. The van der Waals surface area contributed by atoms with Gasteiger partial charge in [0, 0.05) is 25.0 Å². The summed E-state index contributed by atoms with van der Waals surface area (Å²) in [5, 5.41) is 0. The van der Waals surface area contributed by atoms with E-state index in [2.05, 4.69) is 39.5 Å². The molecule has 1 aliphatic rings. The molecule has 1 atom stereocenters. The van der Waals surface area contributed by atoms with Crippen molar-refractivity contribution >= 4 is 5.91 Å². The van der Waals surface area contributed by atoms with Crippen molar-refractivity contribution in [2.24, 2.45) is 17.1 Å².